The molecular weight excluding hydrogens is 196 g/mol. The molecule has 2 N–H and O–H groups in total. The predicted octanol–water partition coefficient (Wildman–Crippen LogP) is 0.290. The molecule has 0 fully saturated rings. The van der Waals surface area contributed by atoms with Crippen molar-refractivity contribution in [3.8, 4) is 12.3 Å². The van der Waals surface area contributed by atoms with E-state index in [0.717, 1.165) is 0 Å². The van der Waals surface area contributed by atoms with Crippen molar-refractivity contribution in [2.24, 2.45) is 0 Å². The van der Waals surface area contributed by atoms with Gasteiger partial charge in [-0.15, -0.1) is 18.9 Å². The van der Waals surface area contributed by atoms with Crippen molar-refractivity contribution in [2.45, 2.75) is 12.5 Å². The number of carbonyl (C=O) groups excluding carboxylic acids is 1. The number of rotatable bonds is 5. The van der Waals surface area contributed by atoms with Gasteiger partial charge in [-0.3, -0.25) is 0 Å². The summed E-state index contributed by atoms with van der Waals surface area (Å²) in [5.41, 5.74) is 0. The van der Waals surface area contributed by atoms with Crippen LogP contribution in [0.4, 0.5) is 4.79 Å². The Labute approximate surface area is 88.8 Å². The lowest BCUT2D eigenvalue weighted by Gasteiger charge is -2.18. The number of amides is 2. The molecule has 0 aromatic rings. The number of terminal acetylenes is 1. The third-order valence-corrected chi connectivity index (χ3v) is 1.67. The molecule has 0 aromatic carbocycles. The first kappa shape index (κ1) is 13.0. The quantitative estimate of drug-likeness (QED) is 0.506. The first-order valence-corrected chi connectivity index (χ1v) is 4.31. The summed E-state index contributed by atoms with van der Waals surface area (Å²) < 4.78 is 0. The van der Waals surface area contributed by atoms with E-state index in [-0.39, 0.29) is 6.42 Å². The maximum Gasteiger partial charge on any atom is 0.327 e. The van der Waals surface area contributed by atoms with E-state index in [1.54, 1.807) is 0 Å². The Kier molecular flexibility index (Phi) is 5.64. The van der Waals surface area contributed by atoms with E-state index in [1.807, 2.05) is 0 Å². The molecule has 0 radical (unpaired) electrons. The number of likely N-dealkylation sites (N-methyl/N-ethyl adjacent to an activating group) is 1. The topological polar surface area (TPSA) is 69.6 Å². The van der Waals surface area contributed by atoms with Crippen molar-refractivity contribution >= 4 is 12.0 Å². The molecular formula is C10H14N2O3. The number of nitrogens with one attached hydrogen (secondary N) is 1. The molecule has 1 unspecified atom stereocenters. The maximum atomic E-state index is 11.4. The summed E-state index contributed by atoms with van der Waals surface area (Å²) in [4.78, 5) is 23.3. The van der Waals surface area contributed by atoms with Gasteiger partial charge in [-0.2, -0.15) is 0 Å². The van der Waals surface area contributed by atoms with Crippen LogP contribution in [0.15, 0.2) is 12.7 Å². The van der Waals surface area contributed by atoms with Crippen LogP contribution < -0.4 is 5.32 Å². The molecule has 82 valence electrons. The van der Waals surface area contributed by atoms with Gasteiger partial charge in [-0.25, -0.2) is 9.59 Å². The molecule has 5 heteroatoms. The van der Waals surface area contributed by atoms with Crippen molar-refractivity contribution in [1.82, 2.24) is 10.2 Å². The lowest BCUT2D eigenvalue weighted by Crippen LogP contribution is -2.46. The van der Waals surface area contributed by atoms with E-state index in [2.05, 4.69) is 17.8 Å². The van der Waals surface area contributed by atoms with Crippen LogP contribution >= 0.6 is 0 Å². The van der Waals surface area contributed by atoms with Crippen molar-refractivity contribution < 1.29 is 14.7 Å². The Morgan fingerprint density at radius 1 is 1.73 bits per heavy atom. The monoisotopic (exact) mass is 210 g/mol. The smallest absolute Gasteiger partial charge is 0.327 e. The lowest BCUT2D eigenvalue weighted by molar-refractivity contribution is -0.139. The molecule has 2 amide bonds. The summed E-state index contributed by atoms with van der Waals surface area (Å²) in [6, 6.07) is -1.53. The normalized spacial score (nSPS) is 10.9. The third kappa shape index (κ3) is 4.72. The summed E-state index contributed by atoms with van der Waals surface area (Å²) in [5, 5.41) is 11.0. The number of carboxylic acids is 1. The van der Waals surface area contributed by atoms with Crippen LogP contribution in [-0.4, -0.2) is 41.6 Å². The van der Waals surface area contributed by atoms with E-state index in [1.165, 1.54) is 18.0 Å². The second kappa shape index (κ2) is 6.49. The van der Waals surface area contributed by atoms with E-state index >= 15 is 0 Å². The first-order chi connectivity index (χ1) is 7.02. The fourth-order valence-corrected chi connectivity index (χ4v) is 0.854. The Hall–Kier alpha value is -1.96. The number of urea groups is 1. The predicted molar refractivity (Wildman–Crippen MR) is 56.2 cm³/mol. The first-order valence-electron chi connectivity index (χ1n) is 4.31. The number of hydrogen-bond donors (Lipinski definition) is 2. The van der Waals surface area contributed by atoms with Crippen LogP contribution in [0.25, 0.3) is 0 Å². The van der Waals surface area contributed by atoms with Crippen molar-refractivity contribution in [1.29, 1.82) is 0 Å². The Morgan fingerprint density at radius 2 is 2.33 bits per heavy atom. The van der Waals surface area contributed by atoms with Crippen LogP contribution in [0.5, 0.6) is 0 Å². The molecule has 0 aliphatic rings. The molecule has 0 spiro atoms. The molecule has 15 heavy (non-hydrogen) atoms. The van der Waals surface area contributed by atoms with Gasteiger partial charge >= 0.3 is 12.0 Å². The van der Waals surface area contributed by atoms with Gasteiger partial charge in [0.15, 0.2) is 0 Å². The fraction of sp³-hybridized carbons (Fsp3) is 0.400. The van der Waals surface area contributed by atoms with E-state index < -0.39 is 18.0 Å². The molecule has 0 aliphatic carbocycles. The highest BCUT2D eigenvalue weighted by molar-refractivity contribution is 5.82. The van der Waals surface area contributed by atoms with Crippen LogP contribution in [0.1, 0.15) is 6.42 Å². The maximum absolute atomic E-state index is 11.4. The highest BCUT2D eigenvalue weighted by Gasteiger charge is 2.19. The van der Waals surface area contributed by atoms with Gasteiger partial charge in [-0.05, 0) is 0 Å². The largest absolute Gasteiger partial charge is 0.480 e. The Balaban J connectivity index is 4.29. The van der Waals surface area contributed by atoms with E-state index in [4.69, 9.17) is 11.5 Å². The van der Waals surface area contributed by atoms with E-state index in [0.29, 0.717) is 6.54 Å². The summed E-state index contributed by atoms with van der Waals surface area (Å²) in [6.45, 7) is 3.80. The number of carboxylic acid groups (broad SMARTS) is 1. The number of carbonyl (C=O) groups is 2. The SMILES string of the molecule is C#CCC(NC(=O)N(C)CC=C)C(=O)O. The lowest BCUT2D eigenvalue weighted by atomic mass is 10.2. The van der Waals surface area contributed by atoms with Crippen LogP contribution in [0.3, 0.4) is 0 Å². The van der Waals surface area contributed by atoms with Gasteiger partial charge in [0.2, 0.25) is 0 Å². The summed E-state index contributed by atoms with van der Waals surface area (Å²) in [5.74, 6) is 1.05. The second-order valence-electron chi connectivity index (χ2n) is 2.92. The molecule has 0 aromatic heterocycles. The van der Waals surface area contributed by atoms with Gasteiger partial charge < -0.3 is 15.3 Å². The average molecular weight is 210 g/mol. The number of hydrogen-bond acceptors (Lipinski definition) is 2. The van der Waals surface area contributed by atoms with Gasteiger partial charge in [-0.1, -0.05) is 6.08 Å². The summed E-state index contributed by atoms with van der Waals surface area (Å²) >= 11 is 0. The molecule has 5 nitrogen and oxygen atoms in total. The van der Waals surface area contributed by atoms with Gasteiger partial charge in [0.1, 0.15) is 6.04 Å². The second-order valence-corrected chi connectivity index (χ2v) is 2.92. The minimum atomic E-state index is -1.15. The van der Waals surface area contributed by atoms with Gasteiger partial charge in [0.25, 0.3) is 0 Å². The van der Waals surface area contributed by atoms with Crippen molar-refractivity contribution in [2.75, 3.05) is 13.6 Å². The van der Waals surface area contributed by atoms with E-state index in [9.17, 15) is 9.59 Å². The zero-order valence-electron chi connectivity index (χ0n) is 8.56. The highest BCUT2D eigenvalue weighted by atomic mass is 16.4. The highest BCUT2D eigenvalue weighted by Crippen LogP contribution is 1.93. The van der Waals surface area contributed by atoms with Crippen LogP contribution in [0, 0.1) is 12.3 Å². The average Bonchev–Trinajstić information content (AvgIpc) is 2.17. The van der Waals surface area contributed by atoms with Crippen LogP contribution in [0.2, 0.25) is 0 Å². The number of nitrogens with zero attached hydrogens (tertiary/aromatic N) is 1. The molecule has 0 rings (SSSR count). The van der Waals surface area contributed by atoms with Gasteiger partial charge in [0.05, 0.1) is 0 Å². The van der Waals surface area contributed by atoms with Gasteiger partial charge in [0, 0.05) is 20.0 Å². The number of aliphatic carboxylic acids is 1. The van der Waals surface area contributed by atoms with Crippen molar-refractivity contribution in [3.63, 3.8) is 0 Å². The zero-order valence-corrected chi connectivity index (χ0v) is 8.56. The Morgan fingerprint density at radius 3 is 2.73 bits per heavy atom. The molecule has 1 atom stereocenters. The molecule has 0 saturated heterocycles. The van der Waals surface area contributed by atoms with Crippen molar-refractivity contribution in [3.05, 3.63) is 12.7 Å². The zero-order chi connectivity index (χ0) is 11.8. The molecule has 0 heterocycles. The molecule has 0 bridgehead atoms. The minimum Gasteiger partial charge on any atom is -0.480 e. The standard InChI is InChI=1S/C10H14N2O3/c1-4-6-8(9(13)14)11-10(15)12(3)7-5-2/h1,5,8H,2,6-7H2,3H3,(H,11,15)(H,13,14). The fourth-order valence-electron chi connectivity index (χ4n) is 0.854. The van der Waals surface area contributed by atoms with Crippen LogP contribution in [-0.2, 0) is 4.79 Å². The minimum absolute atomic E-state index is 0.0387. The summed E-state index contributed by atoms with van der Waals surface area (Å²) in [6.07, 6.45) is 6.48. The molecule has 0 saturated carbocycles. The third-order valence-electron chi connectivity index (χ3n) is 1.67. The molecule has 0 aliphatic heterocycles. The Bertz CT molecular complexity index is 294. The summed E-state index contributed by atoms with van der Waals surface area (Å²) in [7, 11) is 1.53.